The van der Waals surface area contributed by atoms with Crippen LogP contribution in [-0.4, -0.2) is 81.0 Å². The standard InChI is InChI=1S/C26H45N3O6S2/c1-5-18(2)23(28-15-21(27)17-36)16-35-24(13-20-9-7-6-8-10-20)25(30)29-14-19(3)22(26(31)32)11-12-37(4,33)34/h6-10,18-19,21-24,28,36H,5,11-17,27H2,1-4H3,(H,29,30)(H,31,32)/t18-,19?,21+,22?,23+,24-/m0/s1. The van der Waals surface area contributed by atoms with Gasteiger partial charge in [-0.15, -0.1) is 0 Å². The molecule has 11 heteroatoms. The summed E-state index contributed by atoms with van der Waals surface area (Å²) >= 11 is 4.24. The summed E-state index contributed by atoms with van der Waals surface area (Å²) in [6.07, 6.45) is 1.58. The number of carboxylic acid groups (broad SMARTS) is 1. The summed E-state index contributed by atoms with van der Waals surface area (Å²) in [6, 6.07) is 9.44. The number of carbonyl (C=O) groups excluding carboxylic acids is 1. The molecule has 6 atom stereocenters. The van der Waals surface area contributed by atoms with Crippen molar-refractivity contribution >= 4 is 34.3 Å². The third-order valence-corrected chi connectivity index (χ3v) is 8.09. The Morgan fingerprint density at radius 2 is 1.78 bits per heavy atom. The van der Waals surface area contributed by atoms with E-state index in [9.17, 15) is 23.1 Å². The van der Waals surface area contributed by atoms with Crippen LogP contribution in [0.1, 0.15) is 39.2 Å². The second kappa shape index (κ2) is 17.0. The maximum absolute atomic E-state index is 13.2. The van der Waals surface area contributed by atoms with E-state index in [1.807, 2.05) is 30.3 Å². The highest BCUT2D eigenvalue weighted by atomic mass is 32.2. The molecule has 0 saturated heterocycles. The van der Waals surface area contributed by atoms with Crippen LogP contribution in [0.4, 0.5) is 0 Å². The second-order valence-electron chi connectivity index (χ2n) is 9.94. The Labute approximate surface area is 227 Å². The van der Waals surface area contributed by atoms with Crippen LogP contribution in [0.3, 0.4) is 0 Å². The van der Waals surface area contributed by atoms with Gasteiger partial charge < -0.3 is 26.2 Å². The van der Waals surface area contributed by atoms with Crippen LogP contribution in [0, 0.1) is 17.8 Å². The van der Waals surface area contributed by atoms with Gasteiger partial charge in [0, 0.05) is 43.6 Å². The zero-order valence-corrected chi connectivity index (χ0v) is 24.1. The van der Waals surface area contributed by atoms with Crippen LogP contribution in [0.25, 0.3) is 0 Å². The number of aliphatic carboxylic acids is 1. The minimum absolute atomic E-state index is 0.00619. The number of amides is 1. The summed E-state index contributed by atoms with van der Waals surface area (Å²) in [5.74, 6) is -2.14. The highest BCUT2D eigenvalue weighted by Gasteiger charge is 2.28. The monoisotopic (exact) mass is 559 g/mol. The third kappa shape index (κ3) is 13.6. The molecule has 0 saturated carbocycles. The number of carbonyl (C=O) groups is 2. The van der Waals surface area contributed by atoms with Crippen molar-refractivity contribution in [2.24, 2.45) is 23.5 Å². The lowest BCUT2D eigenvalue weighted by Crippen LogP contribution is -2.48. The molecular formula is C26H45N3O6S2. The molecule has 37 heavy (non-hydrogen) atoms. The number of nitrogens with one attached hydrogen (secondary N) is 2. The van der Waals surface area contributed by atoms with Crippen molar-refractivity contribution in [2.75, 3.05) is 37.5 Å². The summed E-state index contributed by atoms with van der Waals surface area (Å²) in [5, 5.41) is 15.9. The van der Waals surface area contributed by atoms with Crippen molar-refractivity contribution in [3.8, 4) is 0 Å². The minimum Gasteiger partial charge on any atom is -0.481 e. The van der Waals surface area contributed by atoms with E-state index < -0.39 is 33.7 Å². The molecule has 2 unspecified atom stereocenters. The van der Waals surface area contributed by atoms with Crippen LogP contribution < -0.4 is 16.4 Å². The summed E-state index contributed by atoms with van der Waals surface area (Å²) in [4.78, 5) is 24.9. The smallest absolute Gasteiger partial charge is 0.306 e. The normalized spacial score (nSPS) is 16.8. The van der Waals surface area contributed by atoms with Crippen LogP contribution in [0.15, 0.2) is 30.3 Å². The van der Waals surface area contributed by atoms with E-state index in [0.717, 1.165) is 18.2 Å². The number of ether oxygens (including phenoxy) is 1. The van der Waals surface area contributed by atoms with Crippen LogP contribution in [0.2, 0.25) is 0 Å². The Kier molecular flexibility index (Phi) is 15.4. The van der Waals surface area contributed by atoms with Crippen molar-refractivity contribution < 1.29 is 27.9 Å². The number of hydrogen-bond acceptors (Lipinski definition) is 8. The fourth-order valence-corrected chi connectivity index (χ4v) is 4.67. The van der Waals surface area contributed by atoms with Crippen molar-refractivity contribution in [1.82, 2.24) is 10.6 Å². The SMILES string of the molecule is CC[C@H](C)[C@@H](CO[C@@H](Cc1ccccc1)C(=O)NCC(C)C(CCS(C)(=O)=O)C(=O)O)NC[C@@H](N)CS. The molecule has 0 fully saturated rings. The molecule has 0 bridgehead atoms. The van der Waals surface area contributed by atoms with E-state index in [1.54, 1.807) is 6.92 Å². The summed E-state index contributed by atoms with van der Waals surface area (Å²) in [7, 11) is -3.29. The zero-order chi connectivity index (χ0) is 28.0. The molecule has 1 aromatic rings. The Bertz CT molecular complexity index is 916. The number of rotatable bonds is 19. The maximum atomic E-state index is 13.2. The van der Waals surface area contributed by atoms with Gasteiger partial charge in [-0.3, -0.25) is 9.59 Å². The number of nitrogens with two attached hydrogens (primary N) is 1. The molecule has 212 valence electrons. The van der Waals surface area contributed by atoms with E-state index in [2.05, 4.69) is 37.1 Å². The van der Waals surface area contributed by atoms with Gasteiger partial charge in [-0.05, 0) is 23.8 Å². The molecule has 0 aliphatic carbocycles. The first-order chi connectivity index (χ1) is 17.4. The van der Waals surface area contributed by atoms with Gasteiger partial charge in [0.05, 0.1) is 18.3 Å². The largest absolute Gasteiger partial charge is 0.481 e. The van der Waals surface area contributed by atoms with Gasteiger partial charge in [0.25, 0.3) is 0 Å². The molecule has 0 spiro atoms. The van der Waals surface area contributed by atoms with E-state index >= 15 is 0 Å². The summed E-state index contributed by atoms with van der Waals surface area (Å²) in [6.45, 7) is 6.89. The molecule has 1 rings (SSSR count). The Hall–Kier alpha value is -1.66. The molecular weight excluding hydrogens is 514 g/mol. The topological polar surface area (TPSA) is 148 Å². The fourth-order valence-electron chi connectivity index (χ4n) is 3.86. The van der Waals surface area contributed by atoms with Gasteiger partial charge in [-0.25, -0.2) is 8.42 Å². The van der Waals surface area contributed by atoms with E-state index in [1.165, 1.54) is 0 Å². The van der Waals surface area contributed by atoms with Crippen LogP contribution in [-0.2, 0) is 30.6 Å². The lowest BCUT2D eigenvalue weighted by Gasteiger charge is -2.28. The van der Waals surface area contributed by atoms with Gasteiger partial charge >= 0.3 is 5.97 Å². The predicted molar refractivity (Wildman–Crippen MR) is 151 cm³/mol. The molecule has 0 aromatic heterocycles. The van der Waals surface area contributed by atoms with Crippen LogP contribution >= 0.6 is 12.6 Å². The maximum Gasteiger partial charge on any atom is 0.306 e. The lowest BCUT2D eigenvalue weighted by atomic mass is 9.91. The Balaban J connectivity index is 2.90. The molecule has 1 aromatic carbocycles. The number of benzene rings is 1. The number of thiol groups is 1. The van der Waals surface area contributed by atoms with Crippen molar-refractivity contribution in [3.05, 3.63) is 35.9 Å². The van der Waals surface area contributed by atoms with Gasteiger partial charge in [0.1, 0.15) is 15.9 Å². The van der Waals surface area contributed by atoms with Crippen molar-refractivity contribution in [3.63, 3.8) is 0 Å². The fraction of sp³-hybridized carbons (Fsp3) is 0.692. The molecule has 0 heterocycles. The Morgan fingerprint density at radius 1 is 1.14 bits per heavy atom. The molecule has 5 N–H and O–H groups in total. The van der Waals surface area contributed by atoms with Gasteiger partial charge in [-0.1, -0.05) is 57.5 Å². The van der Waals surface area contributed by atoms with Gasteiger partial charge in [0.15, 0.2) is 0 Å². The van der Waals surface area contributed by atoms with Crippen molar-refractivity contribution in [1.29, 1.82) is 0 Å². The highest BCUT2D eigenvalue weighted by Crippen LogP contribution is 2.17. The number of hydrogen-bond donors (Lipinski definition) is 5. The lowest BCUT2D eigenvalue weighted by molar-refractivity contribution is -0.144. The Morgan fingerprint density at radius 3 is 2.32 bits per heavy atom. The first-order valence-electron chi connectivity index (χ1n) is 12.8. The predicted octanol–water partition coefficient (Wildman–Crippen LogP) is 1.76. The van der Waals surface area contributed by atoms with E-state index in [-0.39, 0.29) is 36.7 Å². The average Bonchev–Trinajstić information content (AvgIpc) is 2.85. The highest BCUT2D eigenvalue weighted by molar-refractivity contribution is 7.90. The van der Waals surface area contributed by atoms with E-state index in [4.69, 9.17) is 10.5 Å². The molecule has 0 radical (unpaired) electrons. The number of carboxylic acids is 1. The third-order valence-electron chi connectivity index (χ3n) is 6.64. The molecule has 9 nitrogen and oxygen atoms in total. The van der Waals surface area contributed by atoms with Crippen LogP contribution in [0.5, 0.6) is 0 Å². The van der Waals surface area contributed by atoms with Gasteiger partial charge in [-0.2, -0.15) is 12.6 Å². The molecule has 0 aliphatic rings. The molecule has 1 amide bonds. The van der Waals surface area contributed by atoms with Gasteiger partial charge in [0.2, 0.25) is 5.91 Å². The summed E-state index contributed by atoms with van der Waals surface area (Å²) in [5.41, 5.74) is 6.95. The summed E-state index contributed by atoms with van der Waals surface area (Å²) < 4.78 is 29.2. The zero-order valence-electron chi connectivity index (χ0n) is 22.4. The average molecular weight is 560 g/mol. The number of sulfone groups is 1. The molecule has 0 aliphatic heterocycles. The quantitative estimate of drug-likeness (QED) is 0.161. The second-order valence-corrected chi connectivity index (χ2v) is 12.6. The first kappa shape index (κ1) is 33.4. The first-order valence-corrected chi connectivity index (χ1v) is 15.5. The van der Waals surface area contributed by atoms with E-state index in [0.29, 0.717) is 31.2 Å². The van der Waals surface area contributed by atoms with Crippen molar-refractivity contribution in [2.45, 2.75) is 58.2 Å². The minimum atomic E-state index is -3.29.